The molecule has 3 N–H and O–H groups in total. The zero-order valence-corrected chi connectivity index (χ0v) is 23.5. The molecule has 3 heterocycles. The van der Waals surface area contributed by atoms with Crippen LogP contribution in [0.15, 0.2) is 72.8 Å². The lowest BCUT2D eigenvalue weighted by Gasteiger charge is -2.13. The number of methoxy groups -OCH3 is 3. The molecule has 6 aromatic rings. The van der Waals surface area contributed by atoms with E-state index in [0.717, 1.165) is 38.4 Å². The molecule has 6 rings (SSSR count). The lowest BCUT2D eigenvalue weighted by atomic mass is 9.98. The predicted octanol–water partition coefficient (Wildman–Crippen LogP) is 7.10. The molecule has 0 saturated heterocycles. The number of benzene rings is 3. The van der Waals surface area contributed by atoms with Gasteiger partial charge in [0.25, 0.3) is 5.91 Å². The topological polar surface area (TPSA) is 109 Å². The van der Waals surface area contributed by atoms with Gasteiger partial charge in [0.15, 0.2) is 5.13 Å². The maximum Gasteiger partial charge on any atom is 0.269 e. The number of pyridine rings is 1. The third-order valence-electron chi connectivity index (χ3n) is 6.49. The number of thiazole rings is 1. The summed E-state index contributed by atoms with van der Waals surface area (Å²) in [5.41, 5.74) is 11.1. The third kappa shape index (κ3) is 4.57. The second-order valence-electron chi connectivity index (χ2n) is 8.82. The Bertz CT molecular complexity index is 1880. The Labute approximate surface area is 238 Å². The van der Waals surface area contributed by atoms with Crippen molar-refractivity contribution >= 4 is 59.8 Å². The minimum absolute atomic E-state index is 0.340. The standard InChI is InChI=1S/C30H24N4O4S2/c1-36-17-10-12-23(38-3)19(13-17)20-15-22(16-7-5-4-6-8-16)32-29-25(20)26(31)27(40-29)28(35)34-30-33-21-11-9-18(37-2)14-24(21)39-30/h4-15H,31H2,1-3H3,(H,33,34,35). The zero-order chi connectivity index (χ0) is 27.8. The van der Waals surface area contributed by atoms with Gasteiger partial charge in [0.05, 0.1) is 42.9 Å². The highest BCUT2D eigenvalue weighted by Gasteiger charge is 2.24. The first kappa shape index (κ1) is 25.6. The summed E-state index contributed by atoms with van der Waals surface area (Å²) in [6, 6.07) is 23.0. The lowest BCUT2D eigenvalue weighted by molar-refractivity contribution is 0.103. The van der Waals surface area contributed by atoms with E-state index < -0.39 is 0 Å². The van der Waals surface area contributed by atoms with E-state index in [0.29, 0.717) is 37.4 Å². The van der Waals surface area contributed by atoms with Crippen molar-refractivity contribution in [1.29, 1.82) is 0 Å². The van der Waals surface area contributed by atoms with E-state index >= 15 is 0 Å². The summed E-state index contributed by atoms with van der Waals surface area (Å²) in [7, 11) is 4.84. The van der Waals surface area contributed by atoms with Crippen molar-refractivity contribution in [3.05, 3.63) is 77.7 Å². The van der Waals surface area contributed by atoms with Gasteiger partial charge in [-0.2, -0.15) is 0 Å². The van der Waals surface area contributed by atoms with Crippen molar-refractivity contribution in [3.8, 4) is 39.6 Å². The highest BCUT2D eigenvalue weighted by Crippen LogP contribution is 2.45. The summed E-state index contributed by atoms with van der Waals surface area (Å²) in [5, 5.41) is 4.07. The van der Waals surface area contributed by atoms with Crippen LogP contribution in [0.2, 0.25) is 0 Å². The summed E-state index contributed by atoms with van der Waals surface area (Å²) >= 11 is 2.61. The number of nitrogens with zero attached hydrogens (tertiary/aromatic N) is 2. The van der Waals surface area contributed by atoms with E-state index in [4.69, 9.17) is 24.9 Å². The number of nitrogens with two attached hydrogens (primary N) is 1. The third-order valence-corrected chi connectivity index (χ3v) is 8.52. The van der Waals surface area contributed by atoms with Crippen molar-refractivity contribution in [2.75, 3.05) is 32.4 Å². The number of fused-ring (bicyclic) bond motifs is 2. The summed E-state index contributed by atoms with van der Waals surface area (Å²) in [4.78, 5) is 24.0. The molecule has 0 radical (unpaired) electrons. The minimum atomic E-state index is -0.351. The Morgan fingerprint density at radius 1 is 0.825 bits per heavy atom. The largest absolute Gasteiger partial charge is 0.497 e. The molecule has 0 spiro atoms. The average molecular weight is 569 g/mol. The van der Waals surface area contributed by atoms with Crippen LogP contribution in [0.3, 0.4) is 0 Å². The summed E-state index contributed by atoms with van der Waals surface area (Å²) in [5.74, 6) is 1.69. The van der Waals surface area contributed by atoms with Gasteiger partial charge in [-0.1, -0.05) is 41.7 Å². The summed E-state index contributed by atoms with van der Waals surface area (Å²) in [6.07, 6.45) is 0. The van der Waals surface area contributed by atoms with Crippen LogP contribution in [0.1, 0.15) is 9.67 Å². The van der Waals surface area contributed by atoms with Gasteiger partial charge in [-0.15, -0.1) is 11.3 Å². The van der Waals surface area contributed by atoms with Crippen molar-refractivity contribution in [1.82, 2.24) is 9.97 Å². The van der Waals surface area contributed by atoms with Gasteiger partial charge in [0.1, 0.15) is 27.0 Å². The number of nitrogens with one attached hydrogen (secondary N) is 1. The van der Waals surface area contributed by atoms with Gasteiger partial charge in [-0.3, -0.25) is 10.1 Å². The van der Waals surface area contributed by atoms with Gasteiger partial charge in [0.2, 0.25) is 0 Å². The molecule has 8 nitrogen and oxygen atoms in total. The Morgan fingerprint density at radius 3 is 2.33 bits per heavy atom. The number of hydrogen-bond donors (Lipinski definition) is 2. The maximum atomic E-state index is 13.5. The van der Waals surface area contributed by atoms with Gasteiger partial charge >= 0.3 is 0 Å². The van der Waals surface area contributed by atoms with Crippen LogP contribution in [0, 0.1) is 0 Å². The molecule has 200 valence electrons. The molecule has 3 aromatic carbocycles. The van der Waals surface area contributed by atoms with Gasteiger partial charge in [0, 0.05) is 22.1 Å². The molecule has 0 atom stereocenters. The van der Waals surface area contributed by atoms with E-state index in [-0.39, 0.29) is 5.91 Å². The monoisotopic (exact) mass is 568 g/mol. The van der Waals surface area contributed by atoms with Gasteiger partial charge in [-0.05, 0) is 42.5 Å². The molecule has 0 fully saturated rings. The smallest absolute Gasteiger partial charge is 0.269 e. The quantitative estimate of drug-likeness (QED) is 0.211. The number of carbonyl (C=O) groups is 1. The fourth-order valence-electron chi connectivity index (χ4n) is 4.52. The highest BCUT2D eigenvalue weighted by molar-refractivity contribution is 7.23. The average Bonchev–Trinajstić information content (AvgIpc) is 3.56. The first-order valence-electron chi connectivity index (χ1n) is 12.3. The number of nitrogen functional groups attached to an aromatic ring is 1. The Kier molecular flexibility index (Phi) is 6.71. The second kappa shape index (κ2) is 10.5. The second-order valence-corrected chi connectivity index (χ2v) is 10.8. The predicted molar refractivity (Wildman–Crippen MR) is 162 cm³/mol. The van der Waals surface area contributed by atoms with Gasteiger partial charge in [-0.25, -0.2) is 9.97 Å². The number of anilines is 2. The van der Waals surface area contributed by atoms with Crippen LogP contribution >= 0.6 is 22.7 Å². The van der Waals surface area contributed by atoms with Crippen LogP contribution in [0.4, 0.5) is 10.8 Å². The minimum Gasteiger partial charge on any atom is -0.497 e. The zero-order valence-electron chi connectivity index (χ0n) is 21.8. The van der Waals surface area contributed by atoms with Crippen molar-refractivity contribution < 1.29 is 19.0 Å². The molecule has 0 aliphatic rings. The fraction of sp³-hybridized carbons (Fsp3) is 0.100. The Balaban J connectivity index is 1.49. The SMILES string of the molecule is COc1ccc(OC)c(-c2cc(-c3ccccc3)nc3sc(C(=O)Nc4nc5ccc(OC)cc5s4)c(N)c23)c1. The van der Waals surface area contributed by atoms with Crippen LogP contribution in [0.5, 0.6) is 17.2 Å². The van der Waals surface area contributed by atoms with E-state index in [1.54, 1.807) is 21.3 Å². The van der Waals surface area contributed by atoms with Crippen molar-refractivity contribution in [2.45, 2.75) is 0 Å². The van der Waals surface area contributed by atoms with Crippen LogP contribution < -0.4 is 25.3 Å². The molecule has 3 aromatic heterocycles. The number of rotatable bonds is 7. The molecular weight excluding hydrogens is 544 g/mol. The van der Waals surface area contributed by atoms with Crippen molar-refractivity contribution in [2.24, 2.45) is 0 Å². The molecule has 0 aliphatic heterocycles. The number of ether oxygens (including phenoxy) is 3. The first-order valence-corrected chi connectivity index (χ1v) is 13.9. The first-order chi connectivity index (χ1) is 19.5. The molecule has 0 bridgehead atoms. The molecule has 10 heteroatoms. The Morgan fingerprint density at radius 2 is 1.57 bits per heavy atom. The lowest BCUT2D eigenvalue weighted by Crippen LogP contribution is -2.11. The number of thiophene rings is 1. The fourth-order valence-corrected chi connectivity index (χ4v) is 6.43. The van der Waals surface area contributed by atoms with E-state index in [2.05, 4.69) is 10.3 Å². The summed E-state index contributed by atoms with van der Waals surface area (Å²) < 4.78 is 17.4. The van der Waals surface area contributed by atoms with Crippen molar-refractivity contribution in [3.63, 3.8) is 0 Å². The number of amides is 1. The summed E-state index contributed by atoms with van der Waals surface area (Å²) in [6.45, 7) is 0. The molecular formula is C30H24N4O4S2. The van der Waals surface area contributed by atoms with E-state index in [1.165, 1.54) is 22.7 Å². The number of carbonyl (C=O) groups excluding carboxylic acids is 1. The molecule has 0 unspecified atom stereocenters. The normalized spacial score (nSPS) is 11.1. The highest BCUT2D eigenvalue weighted by atomic mass is 32.1. The van der Waals surface area contributed by atoms with E-state index in [9.17, 15) is 4.79 Å². The van der Waals surface area contributed by atoms with Crippen LogP contribution in [-0.4, -0.2) is 37.2 Å². The van der Waals surface area contributed by atoms with Crippen LogP contribution in [-0.2, 0) is 0 Å². The molecule has 0 saturated carbocycles. The van der Waals surface area contributed by atoms with Crippen LogP contribution in [0.25, 0.3) is 42.8 Å². The maximum absolute atomic E-state index is 13.5. The number of hydrogen-bond acceptors (Lipinski definition) is 9. The number of aromatic nitrogens is 2. The van der Waals surface area contributed by atoms with E-state index in [1.807, 2.05) is 72.8 Å². The van der Waals surface area contributed by atoms with Gasteiger partial charge < -0.3 is 19.9 Å². The molecule has 0 aliphatic carbocycles. The molecule has 40 heavy (non-hydrogen) atoms. The molecule has 1 amide bonds. The Hall–Kier alpha value is -4.67.